The van der Waals surface area contributed by atoms with Crippen molar-refractivity contribution in [2.24, 2.45) is 0 Å². The van der Waals surface area contributed by atoms with E-state index in [-0.39, 0.29) is 18.1 Å². The number of ether oxygens (including phenoxy) is 2. The van der Waals surface area contributed by atoms with Crippen molar-refractivity contribution in [3.63, 3.8) is 0 Å². The molecule has 3 aromatic carbocycles. The number of rotatable bonds is 8. The van der Waals surface area contributed by atoms with E-state index < -0.39 is 14.0 Å². The van der Waals surface area contributed by atoms with E-state index in [1.54, 1.807) is 6.07 Å². The zero-order valence-corrected chi connectivity index (χ0v) is 20.6. The summed E-state index contributed by atoms with van der Waals surface area (Å²) in [5.41, 5.74) is 3.44. The molecule has 33 heavy (non-hydrogen) atoms. The largest absolute Gasteiger partial charge is 0.504 e. The van der Waals surface area contributed by atoms with E-state index in [0.717, 1.165) is 53.6 Å². The van der Waals surface area contributed by atoms with Gasteiger partial charge in [0.05, 0.1) is 5.56 Å². The van der Waals surface area contributed by atoms with Gasteiger partial charge in [0, 0.05) is 25.8 Å². The fourth-order valence-electron chi connectivity index (χ4n) is 4.51. The molecule has 0 heterocycles. The molecule has 174 valence electrons. The number of fused-ring (bicyclic) bond motifs is 2. The van der Waals surface area contributed by atoms with Crippen LogP contribution in [0.5, 0.6) is 11.5 Å². The van der Waals surface area contributed by atoms with Gasteiger partial charge >= 0.3 is 5.97 Å². The summed E-state index contributed by atoms with van der Waals surface area (Å²) in [5, 5.41) is 23.1. The lowest BCUT2D eigenvalue weighted by Gasteiger charge is -2.24. The van der Waals surface area contributed by atoms with E-state index in [4.69, 9.17) is 9.47 Å². The summed E-state index contributed by atoms with van der Waals surface area (Å²) in [6, 6.07) is 14.1. The Morgan fingerprint density at radius 2 is 1.79 bits per heavy atom. The molecule has 0 spiro atoms. The molecule has 0 saturated carbocycles. The molecule has 0 amide bonds. The molecule has 0 aromatic heterocycles. The smallest absolute Gasteiger partial charge is 0.336 e. The predicted molar refractivity (Wildman–Crippen MR) is 134 cm³/mol. The number of aryl methyl sites for hydroxylation is 1. The van der Waals surface area contributed by atoms with E-state index in [2.05, 4.69) is 19.6 Å². The Labute approximate surface area is 196 Å². The van der Waals surface area contributed by atoms with Crippen molar-refractivity contribution in [1.82, 2.24) is 0 Å². The molecule has 1 aliphatic carbocycles. The average Bonchev–Trinajstić information content (AvgIpc) is 2.78. The van der Waals surface area contributed by atoms with Crippen LogP contribution in [-0.4, -0.2) is 37.7 Å². The van der Waals surface area contributed by atoms with Crippen LogP contribution in [0.15, 0.2) is 42.5 Å². The van der Waals surface area contributed by atoms with E-state index in [9.17, 15) is 15.0 Å². The van der Waals surface area contributed by atoms with Crippen molar-refractivity contribution in [1.29, 1.82) is 0 Å². The molecule has 0 fully saturated rings. The molecular weight excluding hydrogens is 432 g/mol. The summed E-state index contributed by atoms with van der Waals surface area (Å²) in [6.45, 7) is 7.56. The molecule has 1 aliphatic rings. The van der Waals surface area contributed by atoms with Crippen LogP contribution in [0.2, 0.25) is 25.7 Å². The van der Waals surface area contributed by atoms with Crippen LogP contribution in [0.1, 0.15) is 34.3 Å². The Kier molecular flexibility index (Phi) is 6.77. The first-order chi connectivity index (χ1) is 15.8. The zero-order chi connectivity index (χ0) is 23.6. The van der Waals surface area contributed by atoms with Gasteiger partial charge in [-0.25, -0.2) is 4.79 Å². The summed E-state index contributed by atoms with van der Waals surface area (Å²) in [6.07, 6.45) is 3.74. The Bertz CT molecular complexity index is 1180. The van der Waals surface area contributed by atoms with Gasteiger partial charge in [-0.2, -0.15) is 0 Å². The third-order valence-electron chi connectivity index (χ3n) is 6.29. The molecule has 0 aliphatic heterocycles. The van der Waals surface area contributed by atoms with E-state index in [1.807, 2.05) is 36.4 Å². The first-order valence-corrected chi connectivity index (χ1v) is 15.3. The number of phenols is 1. The van der Waals surface area contributed by atoms with Gasteiger partial charge in [0.1, 0.15) is 0 Å². The van der Waals surface area contributed by atoms with Crippen LogP contribution < -0.4 is 4.74 Å². The highest BCUT2D eigenvalue weighted by Gasteiger charge is 2.26. The maximum Gasteiger partial charge on any atom is 0.336 e. The molecule has 5 nitrogen and oxygen atoms in total. The van der Waals surface area contributed by atoms with Crippen molar-refractivity contribution < 1.29 is 24.5 Å². The fraction of sp³-hybridized carbons (Fsp3) is 0.370. The first-order valence-electron chi connectivity index (χ1n) is 11.6. The van der Waals surface area contributed by atoms with Gasteiger partial charge in [0.25, 0.3) is 0 Å². The minimum Gasteiger partial charge on any atom is -0.504 e. The van der Waals surface area contributed by atoms with Crippen LogP contribution in [0.25, 0.3) is 21.9 Å². The van der Waals surface area contributed by atoms with Crippen LogP contribution in [-0.2, 0) is 17.6 Å². The molecule has 4 rings (SSSR count). The number of hydrogen-bond donors (Lipinski definition) is 2. The number of aromatic carboxylic acids is 1. The Hall–Kier alpha value is -2.83. The van der Waals surface area contributed by atoms with Crippen molar-refractivity contribution in [2.45, 2.75) is 51.4 Å². The normalized spacial score (nSPS) is 13.7. The summed E-state index contributed by atoms with van der Waals surface area (Å²) >= 11 is 0. The maximum absolute atomic E-state index is 12.2. The van der Waals surface area contributed by atoms with Gasteiger partial charge in [0.2, 0.25) is 0 Å². The minimum absolute atomic E-state index is 0.0108. The molecule has 0 saturated heterocycles. The van der Waals surface area contributed by atoms with Gasteiger partial charge in [0.15, 0.2) is 18.3 Å². The minimum atomic E-state index is -1.20. The van der Waals surface area contributed by atoms with Crippen molar-refractivity contribution in [3.05, 3.63) is 59.2 Å². The van der Waals surface area contributed by atoms with Crippen LogP contribution in [0, 0.1) is 0 Å². The van der Waals surface area contributed by atoms with Crippen molar-refractivity contribution in [2.75, 3.05) is 13.4 Å². The van der Waals surface area contributed by atoms with E-state index in [1.165, 1.54) is 0 Å². The molecule has 3 aromatic rings. The van der Waals surface area contributed by atoms with Gasteiger partial charge in [-0.3, -0.25) is 0 Å². The summed E-state index contributed by atoms with van der Waals surface area (Å²) in [5.74, 6) is -0.674. The van der Waals surface area contributed by atoms with Gasteiger partial charge in [-0.05, 0) is 65.8 Å². The second-order valence-corrected chi connectivity index (χ2v) is 15.6. The average molecular weight is 465 g/mol. The lowest BCUT2D eigenvalue weighted by Crippen LogP contribution is -2.22. The molecule has 0 unspecified atom stereocenters. The number of carbonyl (C=O) groups is 1. The highest BCUT2D eigenvalue weighted by atomic mass is 28.3. The molecule has 0 bridgehead atoms. The number of carboxylic acids is 1. The number of phenolic OH excluding ortho intramolecular Hbond substituents is 1. The highest BCUT2D eigenvalue weighted by molar-refractivity contribution is 6.76. The maximum atomic E-state index is 12.2. The summed E-state index contributed by atoms with van der Waals surface area (Å²) < 4.78 is 11.6. The second kappa shape index (κ2) is 9.57. The second-order valence-electron chi connectivity index (χ2n) is 9.94. The molecule has 0 radical (unpaired) electrons. The highest BCUT2D eigenvalue weighted by Crippen LogP contribution is 2.47. The van der Waals surface area contributed by atoms with Crippen LogP contribution >= 0.6 is 0 Å². The number of hydrogen-bond acceptors (Lipinski definition) is 4. The van der Waals surface area contributed by atoms with Gasteiger partial charge < -0.3 is 19.7 Å². The van der Waals surface area contributed by atoms with Crippen molar-refractivity contribution >= 4 is 24.8 Å². The fourth-order valence-corrected chi connectivity index (χ4v) is 5.26. The Morgan fingerprint density at radius 1 is 1.03 bits per heavy atom. The lowest BCUT2D eigenvalue weighted by atomic mass is 9.82. The summed E-state index contributed by atoms with van der Waals surface area (Å²) in [4.78, 5) is 12.2. The molecule has 2 N–H and O–H groups in total. The molecular formula is C27H32O5Si. The van der Waals surface area contributed by atoms with E-state index in [0.29, 0.717) is 23.5 Å². The topological polar surface area (TPSA) is 76.0 Å². The van der Waals surface area contributed by atoms with Gasteiger partial charge in [-0.15, -0.1) is 0 Å². The van der Waals surface area contributed by atoms with E-state index >= 15 is 0 Å². The quantitative estimate of drug-likeness (QED) is 0.227. The number of carboxylic acid groups (broad SMARTS) is 1. The first kappa shape index (κ1) is 23.3. The van der Waals surface area contributed by atoms with Crippen LogP contribution in [0.3, 0.4) is 0 Å². The Morgan fingerprint density at radius 3 is 2.55 bits per heavy atom. The Balaban J connectivity index is 1.80. The third kappa shape index (κ3) is 5.07. The van der Waals surface area contributed by atoms with Crippen LogP contribution in [0.4, 0.5) is 0 Å². The zero-order valence-electron chi connectivity index (χ0n) is 19.6. The lowest BCUT2D eigenvalue weighted by molar-refractivity contribution is 0.0205. The third-order valence-corrected chi connectivity index (χ3v) is 8.00. The SMILES string of the molecule is C[Si](C)(C)CCOCOc1cc2c(c(-c3c(C(=O)O)ccc4ccccc34)c1O)CCCC2. The standard InChI is InChI=1S/C27H32O5Si/c1-33(2,3)15-14-31-17-32-23-16-19-9-5-7-11-21(19)25(26(23)28)24-20-10-6-4-8-18(20)12-13-22(24)27(29)30/h4,6,8,10,12-13,16,28H,5,7,9,11,14-15,17H2,1-3H3,(H,29,30). The monoisotopic (exact) mass is 464 g/mol. The predicted octanol–water partition coefficient (Wildman–Crippen LogP) is 6.48. The van der Waals surface area contributed by atoms with Crippen molar-refractivity contribution in [3.8, 4) is 22.6 Å². The molecule has 0 atom stereocenters. The van der Waals surface area contributed by atoms with Gasteiger partial charge in [-0.1, -0.05) is 50.0 Å². The number of aromatic hydroxyl groups is 1. The molecule has 6 heteroatoms. The number of benzene rings is 3. The summed E-state index contributed by atoms with van der Waals surface area (Å²) in [7, 11) is -1.20.